The van der Waals surface area contributed by atoms with Gasteiger partial charge < -0.3 is 14.8 Å². The molecule has 1 N–H and O–H groups in total. The Balaban J connectivity index is 1.18. The molecular weight excluding hydrogens is 402 g/mol. The van der Waals surface area contributed by atoms with Crippen LogP contribution in [0.15, 0.2) is 42.5 Å². The van der Waals surface area contributed by atoms with Gasteiger partial charge in [-0.3, -0.25) is 14.6 Å². The molecule has 2 aromatic rings. The van der Waals surface area contributed by atoms with Gasteiger partial charge in [0.2, 0.25) is 5.91 Å². The number of nitrogens with zero attached hydrogens (tertiary/aromatic N) is 2. The van der Waals surface area contributed by atoms with Crippen molar-refractivity contribution in [3.63, 3.8) is 0 Å². The van der Waals surface area contributed by atoms with Crippen molar-refractivity contribution in [2.45, 2.75) is 44.7 Å². The minimum atomic E-state index is 0.0403. The van der Waals surface area contributed by atoms with E-state index in [9.17, 15) is 4.79 Å². The molecule has 0 aromatic heterocycles. The van der Waals surface area contributed by atoms with Gasteiger partial charge in [-0.15, -0.1) is 0 Å². The SMILES string of the molecule is O=C(CN1CCC[C@@H]1c1ccc2c(c1)OCCCO2)Nc1ccc(CN2CCCC2)cc1. The first-order valence-corrected chi connectivity index (χ1v) is 12.0. The van der Waals surface area contributed by atoms with Crippen LogP contribution >= 0.6 is 0 Å². The zero-order valence-electron chi connectivity index (χ0n) is 18.7. The Hall–Kier alpha value is -2.57. The molecule has 2 aromatic carbocycles. The first-order valence-electron chi connectivity index (χ1n) is 12.0. The molecule has 0 saturated carbocycles. The smallest absolute Gasteiger partial charge is 0.238 e. The number of hydrogen-bond donors (Lipinski definition) is 1. The van der Waals surface area contributed by atoms with E-state index in [0.29, 0.717) is 19.8 Å². The minimum Gasteiger partial charge on any atom is -0.490 e. The summed E-state index contributed by atoms with van der Waals surface area (Å²) in [5.74, 6) is 1.69. The number of carbonyl (C=O) groups excluding carboxylic acids is 1. The molecule has 3 aliphatic rings. The van der Waals surface area contributed by atoms with E-state index in [0.717, 1.165) is 49.5 Å². The van der Waals surface area contributed by atoms with Crippen LogP contribution in [0, 0.1) is 0 Å². The topological polar surface area (TPSA) is 54.0 Å². The number of ether oxygens (including phenoxy) is 2. The molecule has 170 valence electrons. The fraction of sp³-hybridized carbons (Fsp3) is 0.500. The molecular formula is C26H33N3O3. The van der Waals surface area contributed by atoms with Gasteiger partial charge in [0, 0.05) is 24.7 Å². The number of anilines is 1. The molecule has 3 heterocycles. The molecule has 32 heavy (non-hydrogen) atoms. The summed E-state index contributed by atoms with van der Waals surface area (Å²) in [4.78, 5) is 17.5. The van der Waals surface area contributed by atoms with Crippen LogP contribution in [0.25, 0.3) is 0 Å². The summed E-state index contributed by atoms with van der Waals surface area (Å²) in [5.41, 5.74) is 3.37. The number of nitrogens with one attached hydrogen (secondary N) is 1. The van der Waals surface area contributed by atoms with Gasteiger partial charge in [-0.1, -0.05) is 18.2 Å². The zero-order valence-corrected chi connectivity index (χ0v) is 18.7. The third-order valence-corrected chi connectivity index (χ3v) is 6.71. The van der Waals surface area contributed by atoms with Gasteiger partial charge in [0.1, 0.15) is 0 Å². The van der Waals surface area contributed by atoms with Gasteiger partial charge in [-0.05, 0) is 80.7 Å². The third-order valence-electron chi connectivity index (χ3n) is 6.71. The van der Waals surface area contributed by atoms with E-state index in [1.807, 2.05) is 18.2 Å². The van der Waals surface area contributed by atoms with Gasteiger partial charge in [-0.25, -0.2) is 0 Å². The van der Waals surface area contributed by atoms with Crippen molar-refractivity contribution in [3.8, 4) is 11.5 Å². The molecule has 6 nitrogen and oxygen atoms in total. The van der Waals surface area contributed by atoms with Crippen molar-refractivity contribution in [2.75, 3.05) is 44.7 Å². The molecule has 1 atom stereocenters. The summed E-state index contributed by atoms with van der Waals surface area (Å²) in [6.07, 6.45) is 5.66. The largest absolute Gasteiger partial charge is 0.490 e. The molecule has 3 aliphatic heterocycles. The molecule has 0 unspecified atom stereocenters. The maximum Gasteiger partial charge on any atom is 0.238 e. The van der Waals surface area contributed by atoms with E-state index in [4.69, 9.17) is 9.47 Å². The molecule has 2 saturated heterocycles. The van der Waals surface area contributed by atoms with Gasteiger partial charge in [0.15, 0.2) is 11.5 Å². The Kier molecular flexibility index (Phi) is 6.60. The van der Waals surface area contributed by atoms with E-state index in [2.05, 4.69) is 39.4 Å². The average Bonchev–Trinajstić information content (AvgIpc) is 3.42. The highest BCUT2D eigenvalue weighted by Gasteiger charge is 2.28. The van der Waals surface area contributed by atoms with Gasteiger partial charge in [-0.2, -0.15) is 0 Å². The number of likely N-dealkylation sites (tertiary alicyclic amines) is 2. The highest BCUT2D eigenvalue weighted by atomic mass is 16.5. The van der Waals surface area contributed by atoms with E-state index >= 15 is 0 Å². The van der Waals surface area contributed by atoms with Crippen molar-refractivity contribution in [2.24, 2.45) is 0 Å². The number of benzene rings is 2. The van der Waals surface area contributed by atoms with Crippen molar-refractivity contribution in [1.29, 1.82) is 0 Å². The van der Waals surface area contributed by atoms with E-state index < -0.39 is 0 Å². The molecule has 0 spiro atoms. The predicted molar refractivity (Wildman–Crippen MR) is 125 cm³/mol. The Morgan fingerprint density at radius 1 is 0.906 bits per heavy atom. The molecule has 0 aliphatic carbocycles. The second-order valence-electron chi connectivity index (χ2n) is 9.11. The zero-order chi connectivity index (χ0) is 21.8. The Bertz CT molecular complexity index is 924. The molecule has 6 heteroatoms. The van der Waals surface area contributed by atoms with Crippen LogP contribution in [0.2, 0.25) is 0 Å². The fourth-order valence-corrected chi connectivity index (χ4v) is 5.06. The lowest BCUT2D eigenvalue weighted by Gasteiger charge is -2.25. The third kappa shape index (κ3) is 5.08. The van der Waals surface area contributed by atoms with E-state index in [-0.39, 0.29) is 11.9 Å². The maximum absolute atomic E-state index is 12.8. The average molecular weight is 436 g/mol. The summed E-state index contributed by atoms with van der Waals surface area (Å²) in [6.45, 7) is 6.10. The van der Waals surface area contributed by atoms with E-state index in [1.54, 1.807) is 0 Å². The van der Waals surface area contributed by atoms with Gasteiger partial charge in [0.25, 0.3) is 0 Å². The van der Waals surface area contributed by atoms with Crippen molar-refractivity contribution < 1.29 is 14.3 Å². The van der Waals surface area contributed by atoms with Gasteiger partial charge >= 0.3 is 0 Å². The van der Waals surface area contributed by atoms with Crippen LogP contribution in [0.4, 0.5) is 5.69 Å². The number of amides is 1. The first-order chi connectivity index (χ1) is 15.7. The lowest BCUT2D eigenvalue weighted by molar-refractivity contribution is -0.117. The van der Waals surface area contributed by atoms with Crippen molar-refractivity contribution in [3.05, 3.63) is 53.6 Å². The number of hydrogen-bond acceptors (Lipinski definition) is 5. The minimum absolute atomic E-state index is 0.0403. The predicted octanol–water partition coefficient (Wildman–Crippen LogP) is 4.22. The van der Waals surface area contributed by atoms with Crippen LogP contribution in [0.5, 0.6) is 11.5 Å². The van der Waals surface area contributed by atoms with Crippen LogP contribution in [-0.4, -0.2) is 55.1 Å². The number of fused-ring (bicyclic) bond motifs is 1. The lowest BCUT2D eigenvalue weighted by Crippen LogP contribution is -2.33. The van der Waals surface area contributed by atoms with Crippen molar-refractivity contribution in [1.82, 2.24) is 9.80 Å². The Morgan fingerprint density at radius 3 is 2.50 bits per heavy atom. The summed E-state index contributed by atoms with van der Waals surface area (Å²) < 4.78 is 11.6. The van der Waals surface area contributed by atoms with Gasteiger partial charge in [0.05, 0.1) is 19.8 Å². The molecule has 2 fully saturated rings. The molecule has 0 radical (unpaired) electrons. The lowest BCUT2D eigenvalue weighted by atomic mass is 10.0. The number of rotatable bonds is 6. The summed E-state index contributed by atoms with van der Waals surface area (Å²) in [6, 6.07) is 14.8. The van der Waals surface area contributed by atoms with Crippen LogP contribution in [0.1, 0.15) is 49.3 Å². The van der Waals surface area contributed by atoms with Crippen molar-refractivity contribution >= 4 is 11.6 Å². The Morgan fingerprint density at radius 2 is 1.69 bits per heavy atom. The second-order valence-corrected chi connectivity index (χ2v) is 9.11. The number of carbonyl (C=O) groups is 1. The summed E-state index contributed by atoms with van der Waals surface area (Å²) in [5, 5.41) is 3.08. The maximum atomic E-state index is 12.8. The summed E-state index contributed by atoms with van der Waals surface area (Å²) >= 11 is 0. The standard InChI is InChI=1S/C26H33N3O3/c30-26(27-22-9-6-20(7-10-22)18-28-12-1-2-13-28)19-29-14-3-5-23(29)21-8-11-24-25(17-21)32-16-4-15-31-24/h6-11,17,23H,1-5,12-16,18-19H2,(H,27,30)/t23-/m1/s1. The van der Waals surface area contributed by atoms with Crippen LogP contribution in [0.3, 0.4) is 0 Å². The highest BCUT2D eigenvalue weighted by Crippen LogP contribution is 2.37. The summed E-state index contributed by atoms with van der Waals surface area (Å²) in [7, 11) is 0. The fourth-order valence-electron chi connectivity index (χ4n) is 5.06. The highest BCUT2D eigenvalue weighted by molar-refractivity contribution is 5.92. The second kappa shape index (κ2) is 9.92. The molecule has 5 rings (SSSR count). The monoisotopic (exact) mass is 435 g/mol. The normalized spacial score (nSPS) is 21.4. The van der Waals surface area contributed by atoms with E-state index in [1.165, 1.54) is 37.1 Å². The van der Waals surface area contributed by atoms with Crippen LogP contribution < -0.4 is 14.8 Å². The molecule has 1 amide bonds. The molecule has 0 bridgehead atoms. The van der Waals surface area contributed by atoms with Crippen LogP contribution in [-0.2, 0) is 11.3 Å². The quantitative estimate of drug-likeness (QED) is 0.736. The first kappa shape index (κ1) is 21.3. The Labute approximate surface area is 190 Å².